The number of amides is 1. The summed E-state index contributed by atoms with van der Waals surface area (Å²) < 4.78 is 27.0. The van der Waals surface area contributed by atoms with Crippen LogP contribution in [0.15, 0.2) is 47.4 Å². The molecule has 1 amide bonds. The van der Waals surface area contributed by atoms with Gasteiger partial charge in [0.2, 0.25) is 15.9 Å². The lowest BCUT2D eigenvalue weighted by atomic mass is 10.1. The minimum absolute atomic E-state index is 0.0149. The molecule has 0 aliphatic carbocycles. The topological polar surface area (TPSA) is 89.3 Å². The van der Waals surface area contributed by atoms with Crippen molar-refractivity contribution >= 4 is 27.5 Å². The van der Waals surface area contributed by atoms with Crippen LogP contribution in [0.25, 0.3) is 0 Å². The standard InChI is InChI=1S/C15H15ClN2O3S/c1-10-6-7-12(8-13(10)15(17)19)22(20,21)18-9-11-4-2-3-5-14(11)16/h2-8,18H,9H2,1H3,(H2,17,19). The molecule has 22 heavy (non-hydrogen) atoms. The van der Waals surface area contributed by atoms with Crippen molar-refractivity contribution in [2.75, 3.05) is 0 Å². The van der Waals surface area contributed by atoms with Crippen molar-refractivity contribution in [3.63, 3.8) is 0 Å². The zero-order valence-corrected chi connectivity index (χ0v) is 13.4. The number of sulfonamides is 1. The maximum atomic E-state index is 12.3. The van der Waals surface area contributed by atoms with E-state index in [1.807, 2.05) is 0 Å². The first-order valence-corrected chi connectivity index (χ1v) is 8.31. The number of nitrogens with one attached hydrogen (secondary N) is 1. The lowest BCUT2D eigenvalue weighted by Gasteiger charge is -2.10. The summed E-state index contributed by atoms with van der Waals surface area (Å²) in [5.41, 5.74) is 6.71. The molecule has 0 atom stereocenters. The fourth-order valence-corrected chi connectivity index (χ4v) is 3.17. The molecule has 5 nitrogen and oxygen atoms in total. The van der Waals surface area contributed by atoms with Crippen molar-refractivity contribution in [1.82, 2.24) is 4.72 Å². The molecule has 0 spiro atoms. The van der Waals surface area contributed by atoms with Gasteiger partial charge >= 0.3 is 0 Å². The first-order valence-electron chi connectivity index (χ1n) is 6.45. The maximum absolute atomic E-state index is 12.3. The zero-order valence-electron chi connectivity index (χ0n) is 11.8. The fraction of sp³-hybridized carbons (Fsp3) is 0.133. The lowest BCUT2D eigenvalue weighted by Crippen LogP contribution is -2.24. The molecule has 7 heteroatoms. The van der Waals surface area contributed by atoms with E-state index in [0.29, 0.717) is 16.1 Å². The summed E-state index contributed by atoms with van der Waals surface area (Å²) in [7, 11) is -3.76. The van der Waals surface area contributed by atoms with Gasteiger partial charge in [0.15, 0.2) is 0 Å². The van der Waals surface area contributed by atoms with Crippen LogP contribution in [0, 0.1) is 6.92 Å². The molecule has 0 bridgehead atoms. The van der Waals surface area contributed by atoms with Gasteiger partial charge in [-0.05, 0) is 36.2 Å². The molecule has 0 unspecified atom stereocenters. The van der Waals surface area contributed by atoms with Crippen LogP contribution in [0.4, 0.5) is 0 Å². The second kappa shape index (κ2) is 6.48. The van der Waals surface area contributed by atoms with Gasteiger partial charge < -0.3 is 5.73 Å². The third kappa shape index (κ3) is 3.65. The molecule has 0 aromatic heterocycles. The van der Waals surface area contributed by atoms with E-state index in [4.69, 9.17) is 17.3 Å². The first kappa shape index (κ1) is 16.5. The van der Waals surface area contributed by atoms with Gasteiger partial charge in [0, 0.05) is 17.1 Å². The average Bonchev–Trinajstić information content (AvgIpc) is 2.46. The monoisotopic (exact) mass is 338 g/mol. The Hall–Kier alpha value is -1.89. The number of halogens is 1. The quantitative estimate of drug-likeness (QED) is 0.876. The van der Waals surface area contributed by atoms with Gasteiger partial charge in [-0.3, -0.25) is 4.79 Å². The van der Waals surface area contributed by atoms with Crippen molar-refractivity contribution in [2.45, 2.75) is 18.4 Å². The molecule has 0 fully saturated rings. The summed E-state index contributed by atoms with van der Waals surface area (Å²) in [6.07, 6.45) is 0. The summed E-state index contributed by atoms with van der Waals surface area (Å²) in [6, 6.07) is 11.2. The molecule has 116 valence electrons. The molecule has 0 saturated carbocycles. The molecular formula is C15H15ClN2O3S. The van der Waals surface area contributed by atoms with E-state index >= 15 is 0 Å². The minimum atomic E-state index is -3.76. The molecule has 0 saturated heterocycles. The lowest BCUT2D eigenvalue weighted by molar-refractivity contribution is 0.0999. The summed E-state index contributed by atoms with van der Waals surface area (Å²) in [6.45, 7) is 1.75. The number of nitrogens with two attached hydrogens (primary N) is 1. The highest BCUT2D eigenvalue weighted by Crippen LogP contribution is 2.18. The molecule has 0 radical (unpaired) electrons. The number of carbonyl (C=O) groups excluding carboxylic acids is 1. The van der Waals surface area contributed by atoms with Crippen LogP contribution < -0.4 is 10.5 Å². The third-order valence-electron chi connectivity index (χ3n) is 3.20. The van der Waals surface area contributed by atoms with Crippen molar-refractivity contribution in [2.24, 2.45) is 5.73 Å². The van der Waals surface area contributed by atoms with Gasteiger partial charge in [-0.2, -0.15) is 0 Å². The van der Waals surface area contributed by atoms with Crippen LogP contribution in [0.2, 0.25) is 5.02 Å². The van der Waals surface area contributed by atoms with Gasteiger partial charge in [0.1, 0.15) is 0 Å². The predicted octanol–water partition coefficient (Wildman–Crippen LogP) is 2.23. The zero-order chi connectivity index (χ0) is 16.3. The Morgan fingerprint density at radius 2 is 1.91 bits per heavy atom. The molecular weight excluding hydrogens is 324 g/mol. The number of hydrogen-bond acceptors (Lipinski definition) is 3. The third-order valence-corrected chi connectivity index (χ3v) is 4.96. The van der Waals surface area contributed by atoms with E-state index in [1.54, 1.807) is 37.3 Å². The second-order valence-electron chi connectivity index (χ2n) is 4.76. The fourth-order valence-electron chi connectivity index (χ4n) is 1.93. The normalized spacial score (nSPS) is 11.4. The first-order chi connectivity index (χ1) is 10.3. The Bertz CT molecular complexity index is 819. The number of carbonyl (C=O) groups is 1. The van der Waals surface area contributed by atoms with E-state index in [0.717, 1.165) is 0 Å². The van der Waals surface area contributed by atoms with Crippen LogP contribution >= 0.6 is 11.6 Å². The van der Waals surface area contributed by atoms with Gasteiger partial charge in [0.25, 0.3) is 0 Å². The number of benzene rings is 2. The van der Waals surface area contributed by atoms with Crippen LogP contribution in [-0.2, 0) is 16.6 Å². The Labute approximate surface area is 134 Å². The second-order valence-corrected chi connectivity index (χ2v) is 6.93. The van der Waals surface area contributed by atoms with E-state index in [1.165, 1.54) is 12.1 Å². The number of hydrogen-bond donors (Lipinski definition) is 2. The Morgan fingerprint density at radius 3 is 2.55 bits per heavy atom. The Morgan fingerprint density at radius 1 is 1.23 bits per heavy atom. The van der Waals surface area contributed by atoms with Crippen molar-refractivity contribution in [1.29, 1.82) is 0 Å². The molecule has 2 aromatic carbocycles. The van der Waals surface area contributed by atoms with Crippen LogP contribution in [0.3, 0.4) is 0 Å². The summed E-state index contributed by atoms with van der Waals surface area (Å²) in [4.78, 5) is 11.3. The molecule has 0 aliphatic heterocycles. The highest BCUT2D eigenvalue weighted by atomic mass is 35.5. The largest absolute Gasteiger partial charge is 0.366 e. The van der Waals surface area contributed by atoms with Gasteiger partial charge in [-0.15, -0.1) is 0 Å². The number of primary amides is 1. The van der Waals surface area contributed by atoms with Crippen molar-refractivity contribution in [3.05, 3.63) is 64.2 Å². The van der Waals surface area contributed by atoms with E-state index in [9.17, 15) is 13.2 Å². The van der Waals surface area contributed by atoms with E-state index in [-0.39, 0.29) is 17.0 Å². The summed E-state index contributed by atoms with van der Waals surface area (Å²) >= 11 is 5.99. The average molecular weight is 339 g/mol. The molecule has 2 aromatic rings. The maximum Gasteiger partial charge on any atom is 0.249 e. The smallest absolute Gasteiger partial charge is 0.249 e. The van der Waals surface area contributed by atoms with Crippen molar-refractivity contribution in [3.8, 4) is 0 Å². The van der Waals surface area contributed by atoms with Crippen LogP contribution in [0.1, 0.15) is 21.5 Å². The highest BCUT2D eigenvalue weighted by molar-refractivity contribution is 7.89. The Kier molecular flexibility index (Phi) is 4.85. The predicted molar refractivity (Wildman–Crippen MR) is 85.2 cm³/mol. The van der Waals surface area contributed by atoms with Crippen LogP contribution in [0.5, 0.6) is 0 Å². The van der Waals surface area contributed by atoms with Gasteiger partial charge in [-0.1, -0.05) is 35.9 Å². The number of aryl methyl sites for hydroxylation is 1. The summed E-state index contributed by atoms with van der Waals surface area (Å²) in [5, 5.41) is 0.479. The molecule has 0 aliphatic rings. The highest BCUT2D eigenvalue weighted by Gasteiger charge is 2.17. The van der Waals surface area contributed by atoms with E-state index < -0.39 is 15.9 Å². The SMILES string of the molecule is Cc1ccc(S(=O)(=O)NCc2ccccc2Cl)cc1C(N)=O. The van der Waals surface area contributed by atoms with Gasteiger partial charge in [0.05, 0.1) is 4.90 Å². The molecule has 3 N–H and O–H groups in total. The molecule has 0 heterocycles. The summed E-state index contributed by atoms with van der Waals surface area (Å²) in [5.74, 6) is -0.666. The minimum Gasteiger partial charge on any atom is -0.366 e. The van der Waals surface area contributed by atoms with Crippen molar-refractivity contribution < 1.29 is 13.2 Å². The number of rotatable bonds is 5. The van der Waals surface area contributed by atoms with E-state index in [2.05, 4.69) is 4.72 Å². The van der Waals surface area contributed by atoms with Crippen LogP contribution in [-0.4, -0.2) is 14.3 Å². The Balaban J connectivity index is 2.26. The van der Waals surface area contributed by atoms with Gasteiger partial charge in [-0.25, -0.2) is 13.1 Å². The molecule has 2 rings (SSSR count).